The van der Waals surface area contributed by atoms with Crippen LogP contribution < -0.4 is 4.74 Å². The van der Waals surface area contributed by atoms with E-state index in [1.807, 2.05) is 31.2 Å². The lowest BCUT2D eigenvalue weighted by Crippen LogP contribution is -1.98. The minimum atomic E-state index is -0.261. The van der Waals surface area contributed by atoms with E-state index in [1.165, 1.54) is 12.1 Å². The van der Waals surface area contributed by atoms with Gasteiger partial charge >= 0.3 is 0 Å². The normalized spacial score (nSPS) is 10.8. The molecule has 0 aliphatic carbocycles. The number of ether oxygens (including phenoxy) is 1. The molecule has 2 nitrogen and oxygen atoms in total. The van der Waals surface area contributed by atoms with Crippen LogP contribution in [0.5, 0.6) is 11.5 Å². The van der Waals surface area contributed by atoms with Crippen molar-refractivity contribution in [2.45, 2.75) is 13.5 Å². The van der Waals surface area contributed by atoms with Crippen LogP contribution in [0.1, 0.15) is 11.1 Å². The zero-order valence-corrected chi connectivity index (χ0v) is 11.6. The molecule has 0 unspecified atom stereocenters. The third kappa shape index (κ3) is 2.97. The lowest BCUT2D eigenvalue weighted by Gasteiger charge is -2.10. The lowest BCUT2D eigenvalue weighted by atomic mass is 10.1. The van der Waals surface area contributed by atoms with E-state index in [-0.39, 0.29) is 11.6 Å². The number of hydrogen-bond donors (Lipinski definition) is 1. The van der Waals surface area contributed by atoms with Crippen LogP contribution in [-0.4, -0.2) is 5.11 Å². The van der Waals surface area contributed by atoms with Gasteiger partial charge in [0.25, 0.3) is 0 Å². The molecule has 0 bridgehead atoms. The largest absolute Gasteiger partial charge is 0.508 e. The zero-order chi connectivity index (χ0) is 14.8. The number of phenols is 1. The first-order valence-electron chi connectivity index (χ1n) is 6.72. The third-order valence-electron chi connectivity index (χ3n) is 3.50. The van der Waals surface area contributed by atoms with E-state index in [4.69, 9.17) is 4.74 Å². The molecule has 0 heterocycles. The summed E-state index contributed by atoms with van der Waals surface area (Å²) in [6, 6.07) is 15.5. The molecule has 21 heavy (non-hydrogen) atoms. The van der Waals surface area contributed by atoms with Crippen LogP contribution in [0.25, 0.3) is 10.8 Å². The molecule has 0 spiro atoms. The fraction of sp³-hybridized carbons (Fsp3) is 0.111. The van der Waals surface area contributed by atoms with E-state index in [1.54, 1.807) is 18.2 Å². The standard InChI is InChI=1S/C18H15FO2/c1-12-2-5-16(19)8-15(12)11-21-18-7-4-13-3-6-17(20)9-14(13)10-18/h2-10,20H,11H2,1H3. The Kier molecular flexibility index (Phi) is 3.48. The smallest absolute Gasteiger partial charge is 0.123 e. The maximum Gasteiger partial charge on any atom is 0.123 e. The predicted octanol–water partition coefficient (Wildman–Crippen LogP) is 4.57. The Morgan fingerprint density at radius 1 is 0.952 bits per heavy atom. The lowest BCUT2D eigenvalue weighted by molar-refractivity contribution is 0.305. The summed E-state index contributed by atoms with van der Waals surface area (Å²) in [6.07, 6.45) is 0. The number of rotatable bonds is 3. The molecular formula is C18H15FO2. The van der Waals surface area contributed by atoms with Crippen LogP contribution >= 0.6 is 0 Å². The van der Waals surface area contributed by atoms with Crippen molar-refractivity contribution in [1.82, 2.24) is 0 Å². The highest BCUT2D eigenvalue weighted by Crippen LogP contribution is 2.25. The second-order valence-corrected chi connectivity index (χ2v) is 5.05. The zero-order valence-electron chi connectivity index (χ0n) is 11.6. The molecule has 106 valence electrons. The SMILES string of the molecule is Cc1ccc(F)cc1COc1ccc2ccc(O)cc2c1. The molecule has 0 aliphatic rings. The first-order valence-corrected chi connectivity index (χ1v) is 6.72. The summed E-state index contributed by atoms with van der Waals surface area (Å²) in [5.74, 6) is 0.653. The van der Waals surface area contributed by atoms with Crippen molar-refractivity contribution in [3.05, 3.63) is 71.5 Å². The van der Waals surface area contributed by atoms with Crippen LogP contribution in [0.4, 0.5) is 4.39 Å². The van der Waals surface area contributed by atoms with Gasteiger partial charge in [0.1, 0.15) is 23.9 Å². The molecular weight excluding hydrogens is 267 g/mol. The quantitative estimate of drug-likeness (QED) is 0.762. The maximum atomic E-state index is 13.2. The molecule has 0 saturated heterocycles. The average molecular weight is 282 g/mol. The Hall–Kier alpha value is -2.55. The van der Waals surface area contributed by atoms with Crippen LogP contribution in [-0.2, 0) is 6.61 Å². The fourth-order valence-corrected chi connectivity index (χ4v) is 2.26. The highest BCUT2D eigenvalue weighted by atomic mass is 19.1. The molecule has 0 atom stereocenters. The molecule has 3 rings (SSSR count). The van der Waals surface area contributed by atoms with Crippen molar-refractivity contribution in [2.75, 3.05) is 0 Å². The molecule has 0 amide bonds. The molecule has 3 aromatic rings. The fourth-order valence-electron chi connectivity index (χ4n) is 2.26. The Bertz CT molecular complexity index is 796. The highest BCUT2D eigenvalue weighted by molar-refractivity contribution is 5.85. The molecule has 1 N–H and O–H groups in total. The van der Waals surface area contributed by atoms with Gasteiger partial charge in [0.15, 0.2) is 0 Å². The predicted molar refractivity (Wildman–Crippen MR) is 81.1 cm³/mol. The van der Waals surface area contributed by atoms with Crippen LogP contribution in [0.2, 0.25) is 0 Å². The number of hydrogen-bond acceptors (Lipinski definition) is 2. The summed E-state index contributed by atoms with van der Waals surface area (Å²) >= 11 is 0. The van der Waals surface area contributed by atoms with E-state index in [0.717, 1.165) is 21.9 Å². The molecule has 3 heteroatoms. The van der Waals surface area contributed by atoms with Gasteiger partial charge in [-0.05, 0) is 65.2 Å². The molecule has 0 fully saturated rings. The first kappa shape index (κ1) is 13.4. The molecule has 0 radical (unpaired) electrons. The summed E-state index contributed by atoms with van der Waals surface area (Å²) in [5.41, 5.74) is 1.82. The Labute approximate surface area is 122 Å². The van der Waals surface area contributed by atoms with Gasteiger partial charge in [-0.3, -0.25) is 0 Å². The second kappa shape index (κ2) is 5.44. The summed E-state index contributed by atoms with van der Waals surface area (Å²) in [7, 11) is 0. The molecule has 3 aromatic carbocycles. The van der Waals surface area contributed by atoms with Gasteiger partial charge in [-0.1, -0.05) is 18.2 Å². The van der Waals surface area contributed by atoms with Crippen molar-refractivity contribution in [1.29, 1.82) is 0 Å². The Morgan fingerprint density at radius 2 is 1.76 bits per heavy atom. The van der Waals surface area contributed by atoms with Gasteiger partial charge < -0.3 is 9.84 Å². The minimum Gasteiger partial charge on any atom is -0.508 e. The third-order valence-corrected chi connectivity index (χ3v) is 3.50. The monoisotopic (exact) mass is 282 g/mol. The van der Waals surface area contributed by atoms with Gasteiger partial charge in [0.2, 0.25) is 0 Å². The van der Waals surface area contributed by atoms with E-state index < -0.39 is 0 Å². The van der Waals surface area contributed by atoms with Crippen LogP contribution in [0.15, 0.2) is 54.6 Å². The van der Waals surface area contributed by atoms with Crippen LogP contribution in [0, 0.1) is 12.7 Å². The van der Waals surface area contributed by atoms with Crippen LogP contribution in [0.3, 0.4) is 0 Å². The Morgan fingerprint density at radius 3 is 2.62 bits per heavy atom. The topological polar surface area (TPSA) is 29.5 Å². The summed E-state index contributed by atoms with van der Waals surface area (Å²) in [4.78, 5) is 0. The number of aromatic hydroxyl groups is 1. The van der Waals surface area contributed by atoms with E-state index in [0.29, 0.717) is 12.4 Å². The number of benzene rings is 3. The van der Waals surface area contributed by atoms with E-state index >= 15 is 0 Å². The molecule has 0 aliphatic heterocycles. The van der Waals surface area contributed by atoms with Gasteiger partial charge in [-0.25, -0.2) is 4.39 Å². The van der Waals surface area contributed by atoms with Gasteiger partial charge in [0.05, 0.1) is 0 Å². The van der Waals surface area contributed by atoms with E-state index in [2.05, 4.69) is 0 Å². The van der Waals surface area contributed by atoms with Crippen molar-refractivity contribution < 1.29 is 14.2 Å². The maximum absolute atomic E-state index is 13.2. The summed E-state index contributed by atoms with van der Waals surface area (Å²) in [5, 5.41) is 11.4. The Balaban J connectivity index is 1.83. The highest BCUT2D eigenvalue weighted by Gasteiger charge is 2.03. The number of fused-ring (bicyclic) bond motifs is 1. The van der Waals surface area contributed by atoms with Crippen molar-refractivity contribution in [3.63, 3.8) is 0 Å². The molecule has 0 saturated carbocycles. The van der Waals surface area contributed by atoms with E-state index in [9.17, 15) is 9.50 Å². The minimum absolute atomic E-state index is 0.223. The summed E-state index contributed by atoms with van der Waals surface area (Å²) in [6.45, 7) is 2.24. The van der Waals surface area contributed by atoms with Gasteiger partial charge in [-0.15, -0.1) is 0 Å². The summed E-state index contributed by atoms with van der Waals surface area (Å²) < 4.78 is 19.0. The average Bonchev–Trinajstić information content (AvgIpc) is 2.47. The first-order chi connectivity index (χ1) is 10.1. The number of phenolic OH excluding ortho intramolecular Hbond substituents is 1. The molecule has 0 aromatic heterocycles. The second-order valence-electron chi connectivity index (χ2n) is 5.05. The number of halogens is 1. The van der Waals surface area contributed by atoms with Crippen molar-refractivity contribution in [3.8, 4) is 11.5 Å². The van der Waals surface area contributed by atoms with Gasteiger partial charge in [-0.2, -0.15) is 0 Å². The number of aryl methyl sites for hydroxylation is 1. The van der Waals surface area contributed by atoms with Gasteiger partial charge in [0, 0.05) is 0 Å². The van der Waals surface area contributed by atoms with Crippen molar-refractivity contribution >= 4 is 10.8 Å². The van der Waals surface area contributed by atoms with Crippen molar-refractivity contribution in [2.24, 2.45) is 0 Å².